The maximum atomic E-state index is 3.76. The fourth-order valence-electron chi connectivity index (χ4n) is 2.55. The van der Waals surface area contributed by atoms with E-state index in [1.165, 1.54) is 9.35 Å². The van der Waals surface area contributed by atoms with Gasteiger partial charge in [-0.2, -0.15) is 0 Å². The summed E-state index contributed by atoms with van der Waals surface area (Å²) in [6.07, 6.45) is 0. The van der Waals surface area contributed by atoms with E-state index in [-0.39, 0.29) is 0 Å². The lowest BCUT2D eigenvalue weighted by Gasteiger charge is -2.14. The van der Waals surface area contributed by atoms with E-state index in [1.807, 2.05) is 11.3 Å². The number of thiophene rings is 1. The number of nitrogens with one attached hydrogen (secondary N) is 1. The Hall–Kier alpha value is 0.140. The molecule has 1 atom stereocenters. The molecule has 2 rings (SSSR count). The van der Waals surface area contributed by atoms with E-state index in [4.69, 9.17) is 0 Å². The van der Waals surface area contributed by atoms with Gasteiger partial charge in [0.05, 0.1) is 0 Å². The molecule has 1 aromatic heterocycles. The molecule has 0 saturated heterocycles. The third-order valence-electron chi connectivity index (χ3n) is 4.48. The van der Waals surface area contributed by atoms with Crippen LogP contribution in [0.1, 0.15) is 45.5 Å². The highest BCUT2D eigenvalue weighted by molar-refractivity contribution is 9.10. The predicted octanol–water partition coefficient (Wildman–Crippen LogP) is 4.60. The minimum Gasteiger partial charge on any atom is -0.306 e. The van der Waals surface area contributed by atoms with Crippen molar-refractivity contribution in [1.82, 2.24) is 5.32 Å². The van der Waals surface area contributed by atoms with Crippen molar-refractivity contribution < 1.29 is 0 Å². The van der Waals surface area contributed by atoms with Crippen LogP contribution < -0.4 is 5.32 Å². The van der Waals surface area contributed by atoms with E-state index in [0.29, 0.717) is 22.9 Å². The van der Waals surface area contributed by atoms with Gasteiger partial charge in [-0.25, -0.2) is 0 Å². The van der Waals surface area contributed by atoms with Crippen LogP contribution in [0.5, 0.6) is 0 Å². The molecule has 0 aromatic carbocycles. The van der Waals surface area contributed by atoms with E-state index in [9.17, 15) is 0 Å². The van der Waals surface area contributed by atoms with Gasteiger partial charge in [-0.3, -0.25) is 0 Å². The molecular weight excluding hydrogens is 282 g/mol. The highest BCUT2D eigenvalue weighted by atomic mass is 79.9. The summed E-state index contributed by atoms with van der Waals surface area (Å²) in [5.74, 6) is 0. The Morgan fingerprint density at radius 3 is 2.25 bits per heavy atom. The Morgan fingerprint density at radius 1 is 1.31 bits per heavy atom. The van der Waals surface area contributed by atoms with Gasteiger partial charge in [0.25, 0.3) is 0 Å². The molecule has 90 valence electrons. The number of rotatable bonds is 3. The molecule has 3 heteroatoms. The molecule has 0 radical (unpaired) electrons. The number of hydrogen-bond acceptors (Lipinski definition) is 2. The minimum absolute atomic E-state index is 0.408. The first kappa shape index (κ1) is 12.6. The molecule has 0 aliphatic heterocycles. The Balaban J connectivity index is 2.06. The Bertz CT molecular complexity index is 380. The Labute approximate surface area is 111 Å². The van der Waals surface area contributed by atoms with Crippen LogP contribution in [0, 0.1) is 10.8 Å². The van der Waals surface area contributed by atoms with Crippen LogP contribution in [0.3, 0.4) is 0 Å². The molecule has 1 N–H and O–H groups in total. The Morgan fingerprint density at radius 2 is 1.88 bits per heavy atom. The number of halogens is 1. The normalized spacial score (nSPS) is 24.4. The average Bonchev–Trinajstić information content (AvgIpc) is 2.57. The summed E-state index contributed by atoms with van der Waals surface area (Å²) in [5.41, 5.74) is 0.815. The van der Waals surface area contributed by atoms with Gasteiger partial charge in [0.1, 0.15) is 0 Å². The molecule has 0 amide bonds. The molecule has 1 unspecified atom stereocenters. The van der Waals surface area contributed by atoms with Crippen LogP contribution in [-0.4, -0.2) is 6.04 Å². The Kier molecular flexibility index (Phi) is 3.01. The van der Waals surface area contributed by atoms with Crippen LogP contribution in [0.25, 0.3) is 0 Å². The predicted molar refractivity (Wildman–Crippen MR) is 74.9 cm³/mol. The van der Waals surface area contributed by atoms with Crippen molar-refractivity contribution in [2.75, 3.05) is 0 Å². The summed E-state index contributed by atoms with van der Waals surface area (Å²) < 4.78 is 1.23. The molecule has 1 aromatic rings. The van der Waals surface area contributed by atoms with Crippen LogP contribution >= 0.6 is 27.3 Å². The van der Waals surface area contributed by atoms with E-state index in [0.717, 1.165) is 0 Å². The van der Waals surface area contributed by atoms with Gasteiger partial charge in [0.15, 0.2) is 0 Å². The molecule has 0 bridgehead atoms. The van der Waals surface area contributed by atoms with Gasteiger partial charge in [0.2, 0.25) is 0 Å². The summed E-state index contributed by atoms with van der Waals surface area (Å²) in [6.45, 7) is 11.6. The first-order valence-electron chi connectivity index (χ1n) is 5.77. The fourth-order valence-corrected chi connectivity index (χ4v) is 4.29. The molecule has 1 nitrogen and oxygen atoms in total. The van der Waals surface area contributed by atoms with Gasteiger partial charge < -0.3 is 5.32 Å². The topological polar surface area (TPSA) is 12.0 Å². The van der Waals surface area contributed by atoms with E-state index in [2.05, 4.69) is 67.3 Å². The second-order valence-electron chi connectivity index (χ2n) is 5.90. The summed E-state index contributed by atoms with van der Waals surface area (Å²) in [5, 5.41) is 5.90. The van der Waals surface area contributed by atoms with Crippen LogP contribution in [-0.2, 0) is 0 Å². The second-order valence-corrected chi connectivity index (χ2v) is 7.70. The first-order valence-corrected chi connectivity index (χ1v) is 7.44. The maximum Gasteiger partial charge on any atom is 0.0400 e. The quantitative estimate of drug-likeness (QED) is 0.860. The lowest BCUT2D eigenvalue weighted by atomic mass is 10.0. The monoisotopic (exact) mass is 301 g/mol. The van der Waals surface area contributed by atoms with Crippen molar-refractivity contribution >= 4 is 27.3 Å². The van der Waals surface area contributed by atoms with Gasteiger partial charge in [-0.15, -0.1) is 11.3 Å². The summed E-state index contributed by atoms with van der Waals surface area (Å²) in [7, 11) is 0. The molecule has 1 fully saturated rings. The fraction of sp³-hybridized carbons (Fsp3) is 0.692. The van der Waals surface area contributed by atoms with Gasteiger partial charge in [-0.05, 0) is 45.1 Å². The van der Waals surface area contributed by atoms with E-state index < -0.39 is 0 Å². The lowest BCUT2D eigenvalue weighted by molar-refractivity contribution is 0.457. The molecular formula is C13H20BrNS. The van der Waals surface area contributed by atoms with Gasteiger partial charge in [0, 0.05) is 21.4 Å². The first-order chi connectivity index (χ1) is 7.28. The van der Waals surface area contributed by atoms with Crippen molar-refractivity contribution in [3.05, 3.63) is 20.8 Å². The van der Waals surface area contributed by atoms with Crippen LogP contribution in [0.15, 0.2) is 15.9 Å². The zero-order chi connectivity index (χ0) is 12.1. The molecule has 1 aliphatic carbocycles. The van der Waals surface area contributed by atoms with Crippen molar-refractivity contribution in [2.24, 2.45) is 10.8 Å². The second kappa shape index (κ2) is 3.82. The zero-order valence-electron chi connectivity index (χ0n) is 10.6. The third-order valence-corrected chi connectivity index (χ3v) is 6.53. The summed E-state index contributed by atoms with van der Waals surface area (Å²) >= 11 is 5.42. The molecule has 0 spiro atoms. The maximum absolute atomic E-state index is 3.76. The van der Waals surface area contributed by atoms with Crippen molar-refractivity contribution in [1.29, 1.82) is 0 Å². The van der Waals surface area contributed by atoms with Crippen LogP contribution in [0.2, 0.25) is 0 Å². The summed E-state index contributed by atoms with van der Waals surface area (Å²) in [6, 6.07) is 3.17. The highest BCUT2D eigenvalue weighted by Crippen LogP contribution is 2.63. The zero-order valence-corrected chi connectivity index (χ0v) is 13.0. The van der Waals surface area contributed by atoms with Crippen molar-refractivity contribution in [3.8, 4) is 0 Å². The summed E-state index contributed by atoms with van der Waals surface area (Å²) in [4.78, 5) is 1.40. The standard InChI is InChI=1S/C13H20BrNS/c1-8(10-9(14)6-7-16-10)15-11-12(2,3)13(11,4)5/h6-8,11,15H,1-5H3. The van der Waals surface area contributed by atoms with Gasteiger partial charge in [-0.1, -0.05) is 27.7 Å². The van der Waals surface area contributed by atoms with E-state index in [1.54, 1.807) is 0 Å². The van der Waals surface area contributed by atoms with Crippen LogP contribution in [0.4, 0.5) is 0 Å². The number of hydrogen-bond donors (Lipinski definition) is 1. The third kappa shape index (κ3) is 1.77. The van der Waals surface area contributed by atoms with E-state index >= 15 is 0 Å². The van der Waals surface area contributed by atoms with Crippen molar-refractivity contribution in [2.45, 2.75) is 46.7 Å². The minimum atomic E-state index is 0.408. The average molecular weight is 302 g/mol. The smallest absolute Gasteiger partial charge is 0.0400 e. The molecule has 1 saturated carbocycles. The van der Waals surface area contributed by atoms with Gasteiger partial charge >= 0.3 is 0 Å². The highest BCUT2D eigenvalue weighted by Gasteiger charge is 2.64. The van der Waals surface area contributed by atoms with Crippen molar-refractivity contribution in [3.63, 3.8) is 0 Å². The molecule has 1 heterocycles. The molecule has 16 heavy (non-hydrogen) atoms. The largest absolute Gasteiger partial charge is 0.306 e. The SMILES string of the molecule is CC(NC1C(C)(C)C1(C)C)c1sccc1Br. The molecule has 1 aliphatic rings. The lowest BCUT2D eigenvalue weighted by Crippen LogP contribution is -2.25.